The van der Waals surface area contributed by atoms with Crippen LogP contribution in [0.25, 0.3) is 38.7 Å². The molecule has 0 unspecified atom stereocenters. The lowest BCUT2D eigenvalue weighted by molar-refractivity contribution is 0.0520. The second-order valence-electron chi connectivity index (χ2n) is 11.1. The Morgan fingerprint density at radius 3 is 2.38 bits per heavy atom. The standard InChI is InChI=1S/C33H34N4O3/c1-33(2,22-36-17-7-4-8-18-36)40-25-13-11-23(12-14-25)24-19-34-31-30(20-35-37(31)21-24)28-15-16-29(32(38)39-3)27-10-6-5-9-26(27)28/h5-6,9-16,19-21H,4,7-8,17-18,22H2,1-3H3. The third-order valence-corrected chi connectivity index (χ3v) is 7.61. The van der Waals surface area contributed by atoms with Crippen LogP contribution in [0.5, 0.6) is 5.75 Å². The Kier molecular flexibility index (Phi) is 6.98. The number of benzene rings is 3. The van der Waals surface area contributed by atoms with E-state index < -0.39 is 0 Å². The largest absolute Gasteiger partial charge is 0.487 e. The molecule has 7 nitrogen and oxygen atoms in total. The number of hydrogen-bond acceptors (Lipinski definition) is 6. The SMILES string of the molecule is COC(=O)c1ccc(-c2cnn3cc(-c4ccc(OC(C)(C)CN5CCCCC5)cc4)cnc23)c2ccccc12. The molecule has 7 heteroatoms. The van der Waals surface area contributed by atoms with Crippen molar-refractivity contribution in [1.29, 1.82) is 0 Å². The molecule has 5 aromatic rings. The van der Waals surface area contributed by atoms with Gasteiger partial charge in [-0.15, -0.1) is 0 Å². The maximum absolute atomic E-state index is 12.3. The van der Waals surface area contributed by atoms with Gasteiger partial charge in [0.2, 0.25) is 0 Å². The number of carbonyl (C=O) groups is 1. The number of carbonyl (C=O) groups excluding carboxylic acids is 1. The summed E-state index contributed by atoms with van der Waals surface area (Å²) in [4.78, 5) is 19.6. The first-order chi connectivity index (χ1) is 19.4. The number of ether oxygens (including phenoxy) is 2. The summed E-state index contributed by atoms with van der Waals surface area (Å²) in [6.07, 6.45) is 9.58. The van der Waals surface area contributed by atoms with Gasteiger partial charge in [0.05, 0.1) is 18.9 Å². The zero-order valence-corrected chi connectivity index (χ0v) is 23.3. The molecule has 1 fully saturated rings. The minimum absolute atomic E-state index is 0.260. The molecule has 3 aromatic carbocycles. The third-order valence-electron chi connectivity index (χ3n) is 7.61. The zero-order valence-electron chi connectivity index (χ0n) is 23.3. The molecule has 3 heterocycles. The van der Waals surface area contributed by atoms with E-state index in [9.17, 15) is 4.79 Å². The number of aromatic nitrogens is 3. The predicted octanol–water partition coefficient (Wildman–Crippen LogP) is 6.65. The van der Waals surface area contributed by atoms with Gasteiger partial charge in [-0.1, -0.05) is 48.9 Å². The van der Waals surface area contributed by atoms with E-state index in [1.807, 2.05) is 61.1 Å². The van der Waals surface area contributed by atoms with Gasteiger partial charge in [-0.25, -0.2) is 14.3 Å². The maximum atomic E-state index is 12.3. The van der Waals surface area contributed by atoms with Gasteiger partial charge >= 0.3 is 5.97 Å². The van der Waals surface area contributed by atoms with Crippen LogP contribution in [0, 0.1) is 0 Å². The van der Waals surface area contributed by atoms with E-state index >= 15 is 0 Å². The molecule has 0 atom stereocenters. The van der Waals surface area contributed by atoms with Crippen molar-refractivity contribution in [3.63, 3.8) is 0 Å². The number of likely N-dealkylation sites (tertiary alicyclic amines) is 1. The molecule has 0 N–H and O–H groups in total. The van der Waals surface area contributed by atoms with Crippen molar-refractivity contribution < 1.29 is 14.3 Å². The van der Waals surface area contributed by atoms with E-state index in [1.165, 1.54) is 26.4 Å². The topological polar surface area (TPSA) is 69.0 Å². The smallest absolute Gasteiger partial charge is 0.338 e. The molecule has 0 saturated carbocycles. The second kappa shape index (κ2) is 10.7. The Labute approximate surface area is 234 Å². The quantitative estimate of drug-likeness (QED) is 0.218. The van der Waals surface area contributed by atoms with Crippen molar-refractivity contribution in [3.8, 4) is 28.0 Å². The van der Waals surface area contributed by atoms with Crippen LogP contribution < -0.4 is 4.74 Å². The lowest BCUT2D eigenvalue weighted by atomic mass is 9.96. The van der Waals surface area contributed by atoms with Crippen LogP contribution in [-0.4, -0.2) is 57.8 Å². The zero-order chi connectivity index (χ0) is 27.7. The van der Waals surface area contributed by atoms with E-state index in [4.69, 9.17) is 14.5 Å². The first kappa shape index (κ1) is 26.0. The van der Waals surface area contributed by atoms with Crippen LogP contribution >= 0.6 is 0 Å². The summed E-state index contributed by atoms with van der Waals surface area (Å²) in [5.41, 5.74) is 4.90. The van der Waals surface area contributed by atoms with Gasteiger partial charge in [0.25, 0.3) is 0 Å². The van der Waals surface area contributed by atoms with E-state index in [2.05, 4.69) is 36.0 Å². The van der Waals surface area contributed by atoms with Crippen molar-refractivity contribution in [2.75, 3.05) is 26.7 Å². The Balaban J connectivity index is 1.25. The fourth-order valence-electron chi connectivity index (χ4n) is 5.76. The fourth-order valence-corrected chi connectivity index (χ4v) is 5.76. The highest BCUT2D eigenvalue weighted by atomic mass is 16.5. The number of hydrogen-bond donors (Lipinski definition) is 0. The number of nitrogens with zero attached hydrogens (tertiary/aromatic N) is 4. The first-order valence-corrected chi connectivity index (χ1v) is 13.9. The molecule has 204 valence electrons. The Bertz CT molecular complexity index is 1670. The summed E-state index contributed by atoms with van der Waals surface area (Å²) in [5, 5.41) is 6.40. The van der Waals surface area contributed by atoms with Crippen LogP contribution in [0.15, 0.2) is 79.3 Å². The van der Waals surface area contributed by atoms with Gasteiger partial charge < -0.3 is 9.47 Å². The van der Waals surface area contributed by atoms with Crippen molar-refractivity contribution in [1.82, 2.24) is 19.5 Å². The predicted molar refractivity (Wildman–Crippen MR) is 158 cm³/mol. The van der Waals surface area contributed by atoms with Crippen molar-refractivity contribution in [2.24, 2.45) is 0 Å². The normalized spacial score (nSPS) is 14.5. The minimum Gasteiger partial charge on any atom is -0.487 e. The van der Waals surface area contributed by atoms with Crippen LogP contribution in [0.2, 0.25) is 0 Å². The van der Waals surface area contributed by atoms with Crippen LogP contribution in [0.1, 0.15) is 43.5 Å². The van der Waals surface area contributed by atoms with Gasteiger partial charge in [-0.3, -0.25) is 4.90 Å². The third kappa shape index (κ3) is 5.17. The van der Waals surface area contributed by atoms with E-state index in [0.29, 0.717) is 5.56 Å². The molecule has 0 bridgehead atoms. The number of methoxy groups -OCH3 is 1. The molecule has 0 aliphatic carbocycles. The molecule has 0 amide bonds. The second-order valence-corrected chi connectivity index (χ2v) is 11.1. The maximum Gasteiger partial charge on any atom is 0.338 e. The van der Waals surface area contributed by atoms with Gasteiger partial charge in [0.1, 0.15) is 11.4 Å². The lowest BCUT2D eigenvalue weighted by Gasteiger charge is -2.35. The molecular formula is C33H34N4O3. The van der Waals surface area contributed by atoms with Gasteiger partial charge in [0, 0.05) is 30.1 Å². The summed E-state index contributed by atoms with van der Waals surface area (Å²) >= 11 is 0. The number of piperidine rings is 1. The fraction of sp³-hybridized carbons (Fsp3) is 0.303. The molecule has 0 spiro atoms. The summed E-state index contributed by atoms with van der Waals surface area (Å²) in [5.74, 6) is 0.510. The van der Waals surface area contributed by atoms with E-state index in [1.54, 1.807) is 10.6 Å². The summed E-state index contributed by atoms with van der Waals surface area (Å²) in [7, 11) is 1.40. The monoisotopic (exact) mass is 534 g/mol. The molecule has 1 saturated heterocycles. The van der Waals surface area contributed by atoms with E-state index in [-0.39, 0.29) is 11.6 Å². The minimum atomic E-state index is -0.354. The number of fused-ring (bicyclic) bond motifs is 2. The Hall–Kier alpha value is -4.23. The highest BCUT2D eigenvalue weighted by Gasteiger charge is 2.25. The van der Waals surface area contributed by atoms with Gasteiger partial charge in [-0.05, 0) is 79.9 Å². The average Bonchev–Trinajstić information content (AvgIpc) is 3.40. The van der Waals surface area contributed by atoms with Crippen LogP contribution in [0.4, 0.5) is 0 Å². The summed E-state index contributed by atoms with van der Waals surface area (Å²) in [6.45, 7) is 7.57. The highest BCUT2D eigenvalue weighted by molar-refractivity contribution is 6.10. The number of esters is 1. The molecule has 6 rings (SSSR count). The lowest BCUT2D eigenvalue weighted by Crippen LogP contribution is -2.44. The van der Waals surface area contributed by atoms with Crippen molar-refractivity contribution in [3.05, 3.63) is 84.8 Å². The molecule has 0 radical (unpaired) electrons. The first-order valence-electron chi connectivity index (χ1n) is 13.9. The molecular weight excluding hydrogens is 500 g/mol. The van der Waals surface area contributed by atoms with Gasteiger partial charge in [-0.2, -0.15) is 5.10 Å². The van der Waals surface area contributed by atoms with Crippen molar-refractivity contribution >= 4 is 22.4 Å². The number of rotatable bonds is 7. The average molecular weight is 535 g/mol. The molecule has 1 aliphatic rings. The van der Waals surface area contributed by atoms with Crippen molar-refractivity contribution in [2.45, 2.75) is 38.7 Å². The van der Waals surface area contributed by atoms with E-state index in [0.717, 1.165) is 64.1 Å². The summed E-state index contributed by atoms with van der Waals surface area (Å²) < 4.78 is 13.2. The molecule has 1 aliphatic heterocycles. The highest BCUT2D eigenvalue weighted by Crippen LogP contribution is 2.34. The molecule has 2 aromatic heterocycles. The summed E-state index contributed by atoms with van der Waals surface area (Å²) in [6, 6.07) is 19.8. The van der Waals surface area contributed by atoms with Crippen LogP contribution in [0.3, 0.4) is 0 Å². The van der Waals surface area contributed by atoms with Crippen LogP contribution in [-0.2, 0) is 4.74 Å². The van der Waals surface area contributed by atoms with Gasteiger partial charge in [0.15, 0.2) is 5.65 Å². The Morgan fingerprint density at radius 2 is 1.62 bits per heavy atom. The molecule has 40 heavy (non-hydrogen) atoms. The Morgan fingerprint density at radius 1 is 0.875 bits per heavy atom.